The number of amides is 2. The highest BCUT2D eigenvalue weighted by Gasteiger charge is 2.14. The molecule has 2 amide bonds. The molecule has 0 radical (unpaired) electrons. The monoisotopic (exact) mass is 962 g/mol. The minimum atomic E-state index is -0.612. The van der Waals surface area contributed by atoms with Gasteiger partial charge < -0.3 is 40.6 Å². The Hall–Kier alpha value is -4.31. The fourth-order valence-corrected chi connectivity index (χ4v) is 4.93. The Balaban J connectivity index is 0. The van der Waals surface area contributed by atoms with Gasteiger partial charge in [0.1, 0.15) is 38.0 Å². The molecule has 5 N–H and O–H groups in total. The summed E-state index contributed by atoms with van der Waals surface area (Å²) < 4.78 is 15.4. The van der Waals surface area contributed by atoms with E-state index in [1.54, 1.807) is 57.5 Å². The van der Waals surface area contributed by atoms with Crippen molar-refractivity contribution in [2.24, 2.45) is 11.5 Å². The number of hydrogen-bond donors (Lipinski definition) is 3. The second kappa shape index (κ2) is 32.5. The van der Waals surface area contributed by atoms with E-state index in [0.717, 1.165) is 6.61 Å². The summed E-state index contributed by atoms with van der Waals surface area (Å²) in [7, 11) is 8.62. The number of phenols is 1. The lowest BCUT2D eigenvalue weighted by Crippen LogP contribution is -2.26. The number of carbonyl (C=O) groups is 3. The molecule has 0 saturated heterocycles. The average molecular weight is 966 g/mol. The molecule has 0 aliphatic rings. The zero-order valence-electron chi connectivity index (χ0n) is 32.8. The van der Waals surface area contributed by atoms with Gasteiger partial charge in [0.05, 0.1) is 30.9 Å². The number of ether oxygens (including phenoxy) is 3. The minimum Gasteiger partial charge on any atom is -0.508 e. The first kappa shape index (κ1) is 56.8. The molecule has 0 aliphatic heterocycles. The normalized spacial score (nSPS) is 9.53. The summed E-state index contributed by atoms with van der Waals surface area (Å²) in [5.74, 6) is 0.0273. The molecule has 0 fully saturated rings. The summed E-state index contributed by atoms with van der Waals surface area (Å²) in [5, 5.41) is 9.87. The fourth-order valence-electron chi connectivity index (χ4n) is 3.87. The highest BCUT2D eigenvalue weighted by Crippen LogP contribution is 2.27. The number of nitrogens with two attached hydrogens (primary N) is 2. The molecule has 0 unspecified atom stereocenters. The Labute approximate surface area is 374 Å². The van der Waals surface area contributed by atoms with Crippen molar-refractivity contribution in [2.45, 2.75) is 27.2 Å². The zero-order chi connectivity index (χ0) is 44.2. The predicted molar refractivity (Wildman–Crippen MR) is 241 cm³/mol. The number of aromatic hydroxyl groups is 1. The molecule has 20 heteroatoms. The summed E-state index contributed by atoms with van der Waals surface area (Å²) in [6.45, 7) is 12.5. The Bertz CT molecular complexity index is 1920. The zero-order valence-corrected chi connectivity index (χ0v) is 37.5. The van der Waals surface area contributed by atoms with Gasteiger partial charge in [0, 0.05) is 65.2 Å². The summed E-state index contributed by atoms with van der Waals surface area (Å²) in [4.78, 5) is 50.9. The van der Waals surface area contributed by atoms with Gasteiger partial charge in [-0.1, -0.05) is 83.1 Å². The van der Waals surface area contributed by atoms with Crippen LogP contribution in [0, 0.1) is 6.57 Å². The predicted octanol–water partition coefficient (Wildman–Crippen LogP) is 8.81. The van der Waals surface area contributed by atoms with E-state index < -0.39 is 11.8 Å². The van der Waals surface area contributed by atoms with E-state index in [0.29, 0.717) is 75.8 Å². The van der Waals surface area contributed by atoms with Crippen LogP contribution in [0.15, 0.2) is 59.1 Å². The lowest BCUT2D eigenvalue weighted by atomic mass is 10.2. The first-order valence-corrected chi connectivity index (χ1v) is 19.3. The molecule has 0 bridgehead atoms. The van der Waals surface area contributed by atoms with Gasteiger partial charge >= 0.3 is 0 Å². The third-order valence-electron chi connectivity index (χ3n) is 6.92. The number of hydrogen-bond acceptors (Lipinski definition) is 12. The van der Waals surface area contributed by atoms with Crippen LogP contribution in [0.1, 0.15) is 58.3 Å². The number of anilines is 2. The maximum absolute atomic E-state index is 11.2. The summed E-state index contributed by atoms with van der Waals surface area (Å²) in [5.41, 5.74) is 11.7. The number of aldehydes is 1. The molecule has 0 aliphatic carbocycles. The maximum Gasteiger partial charge on any atom is 0.252 e. The largest absolute Gasteiger partial charge is 0.508 e. The van der Waals surface area contributed by atoms with Gasteiger partial charge in [-0.15, -0.1) is 0 Å². The summed E-state index contributed by atoms with van der Waals surface area (Å²) in [6.07, 6.45) is 3.11. The van der Waals surface area contributed by atoms with E-state index in [9.17, 15) is 14.4 Å². The molecular formula is C39H51BrCl4N8O7. The van der Waals surface area contributed by atoms with Gasteiger partial charge in [-0.2, -0.15) is 0 Å². The number of pyridine rings is 3. The van der Waals surface area contributed by atoms with Crippen molar-refractivity contribution in [3.05, 3.63) is 108 Å². The minimum absolute atomic E-state index is 0. The van der Waals surface area contributed by atoms with Gasteiger partial charge in [0.25, 0.3) is 11.8 Å². The number of benzene rings is 1. The molecule has 0 saturated carbocycles. The Morgan fingerprint density at radius 3 is 1.69 bits per heavy atom. The van der Waals surface area contributed by atoms with Crippen molar-refractivity contribution in [1.29, 1.82) is 0 Å². The van der Waals surface area contributed by atoms with Crippen LogP contribution in [0.5, 0.6) is 5.75 Å². The Morgan fingerprint density at radius 1 is 0.797 bits per heavy atom. The van der Waals surface area contributed by atoms with E-state index in [1.807, 2.05) is 11.9 Å². The first-order chi connectivity index (χ1) is 27.5. The van der Waals surface area contributed by atoms with Crippen LogP contribution in [0.25, 0.3) is 4.85 Å². The average Bonchev–Trinajstić information content (AvgIpc) is 3.19. The van der Waals surface area contributed by atoms with Crippen LogP contribution in [0.4, 0.5) is 17.3 Å². The standard InChI is InChI=1S/C10H14ClN3O2.C10H12ClN3O.C7H5BrO2.C6H4Cl2N2O.C5H12O.CH4/c1-14(5-6-16-2)10-7(9(12)15)3-4-8(11)13-10;1-12-8-4-5-9(11)13-10(8)14(2)6-7-15-3;8-7-2-1-6(10)3-5(7)4-9;7-4-2-1-3(6(9)11)5(8)10-4;1-3-4-5-6-2;/h3-4H,5-6H2,1-2H3,(H2,12,15);4-5H,6-7H2,2-3H3;1-4,10H;1-2H,(H2,9,11);3-5H2,1-2H3;1H4. The molecule has 324 valence electrons. The number of rotatable bonds is 14. The van der Waals surface area contributed by atoms with Gasteiger partial charge in [-0.05, 0) is 61.0 Å². The lowest BCUT2D eigenvalue weighted by molar-refractivity contribution is 0.0991. The molecule has 0 spiro atoms. The lowest BCUT2D eigenvalue weighted by Gasteiger charge is -2.19. The van der Waals surface area contributed by atoms with E-state index >= 15 is 0 Å². The van der Waals surface area contributed by atoms with Crippen LogP contribution < -0.4 is 21.3 Å². The second-order valence-corrected chi connectivity index (χ2v) is 13.7. The SMILES string of the molecule is C.CCCCOC.COCCN(C)c1nc(Cl)ccc1C(N)=O.NC(=O)c1ccc(Cl)nc1Cl.O=Cc1cc(O)ccc1Br.[C-]#[N+]c1ccc(Cl)nc1N(C)CCOC. The van der Waals surface area contributed by atoms with Crippen molar-refractivity contribution in [2.75, 3.05) is 78.1 Å². The molecule has 4 rings (SSSR count). The van der Waals surface area contributed by atoms with Crippen molar-refractivity contribution in [3.8, 4) is 5.75 Å². The third-order valence-corrected chi connectivity index (χ3v) is 8.56. The summed E-state index contributed by atoms with van der Waals surface area (Å²) in [6, 6.07) is 13.8. The second-order valence-electron chi connectivity index (χ2n) is 11.3. The van der Waals surface area contributed by atoms with E-state index in [2.05, 4.69) is 42.7 Å². The molecule has 15 nitrogen and oxygen atoms in total. The number of aromatic nitrogens is 3. The van der Waals surface area contributed by atoms with Crippen molar-refractivity contribution in [3.63, 3.8) is 0 Å². The van der Waals surface area contributed by atoms with Gasteiger partial charge in [-0.25, -0.2) is 19.8 Å². The quantitative estimate of drug-likeness (QED) is 0.0470. The van der Waals surface area contributed by atoms with E-state index in [4.69, 9.17) is 83.8 Å². The molecule has 0 atom stereocenters. The van der Waals surface area contributed by atoms with Gasteiger partial charge in [-0.3, -0.25) is 14.4 Å². The van der Waals surface area contributed by atoms with Crippen LogP contribution >= 0.6 is 62.3 Å². The molecule has 3 heterocycles. The van der Waals surface area contributed by atoms with E-state index in [-0.39, 0.29) is 29.0 Å². The van der Waals surface area contributed by atoms with E-state index in [1.165, 1.54) is 43.2 Å². The molecule has 3 aromatic heterocycles. The highest BCUT2D eigenvalue weighted by atomic mass is 79.9. The summed E-state index contributed by atoms with van der Waals surface area (Å²) >= 11 is 25.7. The number of unbranched alkanes of at least 4 members (excludes halogenated alkanes) is 1. The number of likely N-dealkylation sites (N-methyl/N-ethyl adjacent to an activating group) is 2. The first-order valence-electron chi connectivity index (χ1n) is 17.0. The molecule has 1 aromatic carbocycles. The number of methoxy groups -OCH3 is 3. The van der Waals surface area contributed by atoms with Crippen LogP contribution in [0.2, 0.25) is 20.6 Å². The van der Waals surface area contributed by atoms with Crippen LogP contribution in [0.3, 0.4) is 0 Å². The fraction of sp³-hybridized carbons (Fsp3) is 0.359. The number of carbonyl (C=O) groups excluding carboxylic acids is 3. The number of phenolic OH excluding ortho intramolecular Hbond substituents is 1. The van der Waals surface area contributed by atoms with Crippen molar-refractivity contribution in [1.82, 2.24) is 15.0 Å². The smallest absolute Gasteiger partial charge is 0.252 e. The van der Waals surface area contributed by atoms with Crippen LogP contribution in [-0.2, 0) is 14.2 Å². The van der Waals surface area contributed by atoms with Crippen LogP contribution in [-0.4, -0.2) is 106 Å². The van der Waals surface area contributed by atoms with Gasteiger partial charge in [0.15, 0.2) is 6.29 Å². The molecule has 59 heavy (non-hydrogen) atoms. The molecular weight excluding hydrogens is 914 g/mol. The van der Waals surface area contributed by atoms with Crippen molar-refractivity contribution < 1.29 is 33.7 Å². The van der Waals surface area contributed by atoms with Crippen molar-refractivity contribution >= 4 is 97.8 Å². The third kappa shape index (κ3) is 23.2. The Kier molecular flexibility index (Phi) is 31.3. The van der Waals surface area contributed by atoms with Gasteiger partial charge in [0.2, 0.25) is 5.69 Å². The highest BCUT2D eigenvalue weighted by molar-refractivity contribution is 9.10. The number of nitrogens with zero attached hydrogens (tertiary/aromatic N) is 6. The molecule has 4 aromatic rings. The number of primary amides is 2. The number of halogens is 5. The topological polar surface area (TPSA) is 201 Å². The Morgan fingerprint density at radius 2 is 1.27 bits per heavy atom. The maximum atomic E-state index is 11.2.